The van der Waals surface area contributed by atoms with Gasteiger partial charge in [-0.2, -0.15) is 0 Å². The summed E-state index contributed by atoms with van der Waals surface area (Å²) in [5, 5.41) is 12.6. The number of nitrogens with one attached hydrogen (secondary N) is 1. The number of hydrogen-bond donors (Lipinski definition) is 2. The molecule has 0 radical (unpaired) electrons. The summed E-state index contributed by atoms with van der Waals surface area (Å²) >= 11 is 0. The minimum absolute atomic E-state index is 0.0114. The van der Waals surface area contributed by atoms with E-state index in [1.807, 2.05) is 30.3 Å². The Bertz CT molecular complexity index is 672. The van der Waals surface area contributed by atoms with Crippen LogP contribution < -0.4 is 5.32 Å². The highest BCUT2D eigenvalue weighted by atomic mass is 16.3. The van der Waals surface area contributed by atoms with Crippen molar-refractivity contribution in [3.63, 3.8) is 0 Å². The first-order valence-corrected chi connectivity index (χ1v) is 8.64. The summed E-state index contributed by atoms with van der Waals surface area (Å²) in [5.74, 6) is -0.00607. The lowest BCUT2D eigenvalue weighted by molar-refractivity contribution is -0.123. The Labute approximate surface area is 142 Å². The lowest BCUT2D eigenvalue weighted by atomic mass is 9.82. The summed E-state index contributed by atoms with van der Waals surface area (Å²) in [4.78, 5) is 16.9. The van der Waals surface area contributed by atoms with Gasteiger partial charge in [-0.1, -0.05) is 30.3 Å². The zero-order valence-electron chi connectivity index (χ0n) is 13.8. The molecule has 1 heterocycles. The van der Waals surface area contributed by atoms with Crippen molar-refractivity contribution in [1.82, 2.24) is 10.3 Å². The van der Waals surface area contributed by atoms with Crippen molar-refractivity contribution in [3.8, 4) is 0 Å². The number of pyridine rings is 1. The van der Waals surface area contributed by atoms with Crippen LogP contribution in [0.3, 0.4) is 0 Å². The molecule has 0 bridgehead atoms. The first-order chi connectivity index (χ1) is 11.8. The zero-order valence-corrected chi connectivity index (χ0v) is 13.8. The fourth-order valence-electron chi connectivity index (χ4n) is 3.41. The molecule has 1 amide bonds. The summed E-state index contributed by atoms with van der Waals surface area (Å²) in [6.07, 6.45) is 5.42. The molecule has 0 unspecified atom stereocenters. The van der Waals surface area contributed by atoms with E-state index >= 15 is 0 Å². The molecular weight excluding hydrogens is 300 g/mol. The molecule has 0 fully saturated rings. The first kappa shape index (κ1) is 16.7. The van der Waals surface area contributed by atoms with Crippen molar-refractivity contribution in [3.05, 3.63) is 65.5 Å². The lowest BCUT2D eigenvalue weighted by Gasteiger charge is -2.25. The van der Waals surface area contributed by atoms with E-state index in [1.165, 1.54) is 5.56 Å². The average molecular weight is 324 g/mol. The second-order valence-electron chi connectivity index (χ2n) is 6.46. The minimum Gasteiger partial charge on any atom is -0.396 e. The number of aliphatic hydroxyl groups is 1. The second-order valence-corrected chi connectivity index (χ2v) is 6.46. The number of nitrogens with zero attached hydrogens (tertiary/aromatic N) is 1. The predicted molar refractivity (Wildman–Crippen MR) is 93.6 cm³/mol. The summed E-state index contributed by atoms with van der Waals surface area (Å²) in [7, 11) is 0. The van der Waals surface area contributed by atoms with Crippen LogP contribution in [0.1, 0.15) is 35.6 Å². The number of carbonyl (C=O) groups is 1. The quantitative estimate of drug-likeness (QED) is 0.858. The van der Waals surface area contributed by atoms with Gasteiger partial charge in [-0.25, -0.2) is 0 Å². The summed E-state index contributed by atoms with van der Waals surface area (Å²) in [6.45, 7) is 0.517. The molecule has 2 atom stereocenters. The van der Waals surface area contributed by atoms with Crippen LogP contribution in [-0.4, -0.2) is 29.1 Å². The van der Waals surface area contributed by atoms with Gasteiger partial charge in [-0.15, -0.1) is 0 Å². The highest BCUT2D eigenvalue weighted by Gasteiger charge is 2.26. The van der Waals surface area contributed by atoms with Crippen LogP contribution in [0.5, 0.6) is 0 Å². The summed E-state index contributed by atoms with van der Waals surface area (Å²) < 4.78 is 0. The Morgan fingerprint density at radius 3 is 2.88 bits per heavy atom. The van der Waals surface area contributed by atoms with E-state index in [0.29, 0.717) is 13.0 Å². The minimum atomic E-state index is -0.0656. The second kappa shape index (κ2) is 8.06. The fraction of sp³-hybridized carbons (Fsp3) is 0.400. The summed E-state index contributed by atoms with van der Waals surface area (Å²) in [5.41, 5.74) is 3.39. The monoisotopic (exact) mass is 324 g/mol. The molecule has 126 valence electrons. The van der Waals surface area contributed by atoms with Gasteiger partial charge in [-0.05, 0) is 48.9 Å². The predicted octanol–water partition coefficient (Wildman–Crippen LogP) is 2.47. The number of aliphatic hydroxyl groups excluding tert-OH is 1. The Morgan fingerprint density at radius 1 is 1.25 bits per heavy atom. The van der Waals surface area contributed by atoms with Crippen molar-refractivity contribution in [2.45, 2.75) is 31.6 Å². The van der Waals surface area contributed by atoms with Gasteiger partial charge >= 0.3 is 0 Å². The molecule has 1 aliphatic carbocycles. The third-order valence-electron chi connectivity index (χ3n) is 4.73. The Balaban J connectivity index is 1.59. The number of benzene rings is 1. The van der Waals surface area contributed by atoms with Gasteiger partial charge in [0.2, 0.25) is 5.91 Å². The smallest absolute Gasteiger partial charge is 0.227 e. The molecule has 1 aromatic carbocycles. The normalized spacial score (nSPS) is 17.8. The van der Waals surface area contributed by atoms with Crippen LogP contribution in [0.25, 0.3) is 0 Å². The Kier molecular flexibility index (Phi) is 5.59. The van der Waals surface area contributed by atoms with Gasteiger partial charge in [0.15, 0.2) is 0 Å². The Hall–Kier alpha value is -2.20. The maximum Gasteiger partial charge on any atom is 0.227 e. The maximum absolute atomic E-state index is 12.6. The third kappa shape index (κ3) is 4.01. The van der Waals surface area contributed by atoms with E-state index < -0.39 is 0 Å². The molecule has 4 nitrogen and oxygen atoms in total. The Morgan fingerprint density at radius 2 is 2.08 bits per heavy atom. The first-order valence-electron chi connectivity index (χ1n) is 8.64. The summed E-state index contributed by atoms with van der Waals surface area (Å²) in [6, 6.07) is 14.0. The van der Waals surface area contributed by atoms with Crippen molar-refractivity contribution in [2.24, 2.45) is 5.92 Å². The van der Waals surface area contributed by atoms with E-state index in [-0.39, 0.29) is 24.3 Å². The van der Waals surface area contributed by atoms with E-state index in [9.17, 15) is 9.90 Å². The molecule has 4 heteroatoms. The van der Waals surface area contributed by atoms with Crippen molar-refractivity contribution in [2.75, 3.05) is 13.2 Å². The number of aromatic nitrogens is 1. The van der Waals surface area contributed by atoms with Gasteiger partial charge in [-0.3, -0.25) is 9.78 Å². The number of amides is 1. The van der Waals surface area contributed by atoms with E-state index in [4.69, 9.17) is 0 Å². The van der Waals surface area contributed by atoms with Crippen LogP contribution in [0, 0.1) is 5.92 Å². The number of rotatable bonds is 6. The molecule has 2 N–H and O–H groups in total. The van der Waals surface area contributed by atoms with Crippen LogP contribution in [0.2, 0.25) is 0 Å². The van der Waals surface area contributed by atoms with Crippen molar-refractivity contribution < 1.29 is 9.90 Å². The van der Waals surface area contributed by atoms with Crippen LogP contribution >= 0.6 is 0 Å². The van der Waals surface area contributed by atoms with Crippen molar-refractivity contribution in [1.29, 1.82) is 0 Å². The molecule has 0 aliphatic heterocycles. The SMILES string of the molecule is O=C(NC[C@@H](CO)Cc1ccccn1)[C@H]1CCCc2ccccc21. The van der Waals surface area contributed by atoms with E-state index in [1.54, 1.807) is 6.20 Å². The molecule has 1 aliphatic rings. The highest BCUT2D eigenvalue weighted by molar-refractivity contribution is 5.84. The van der Waals surface area contributed by atoms with E-state index in [0.717, 1.165) is 30.5 Å². The molecule has 0 saturated carbocycles. The van der Waals surface area contributed by atoms with Crippen molar-refractivity contribution >= 4 is 5.91 Å². The highest BCUT2D eigenvalue weighted by Crippen LogP contribution is 2.31. The molecule has 3 rings (SSSR count). The molecule has 2 aromatic rings. The lowest BCUT2D eigenvalue weighted by Crippen LogP contribution is -2.36. The number of aryl methyl sites for hydroxylation is 1. The zero-order chi connectivity index (χ0) is 16.8. The van der Waals surface area contributed by atoms with Gasteiger partial charge < -0.3 is 10.4 Å². The molecule has 0 saturated heterocycles. The molecule has 1 aromatic heterocycles. The largest absolute Gasteiger partial charge is 0.396 e. The molecule has 0 spiro atoms. The van der Waals surface area contributed by atoms with Gasteiger partial charge in [0, 0.05) is 31.0 Å². The number of fused-ring (bicyclic) bond motifs is 1. The molecular formula is C20H24N2O2. The average Bonchev–Trinajstić information content (AvgIpc) is 2.65. The topological polar surface area (TPSA) is 62.2 Å². The van der Waals surface area contributed by atoms with Crippen LogP contribution in [0.4, 0.5) is 0 Å². The van der Waals surface area contributed by atoms with Crippen LogP contribution in [0.15, 0.2) is 48.7 Å². The van der Waals surface area contributed by atoms with E-state index in [2.05, 4.69) is 22.4 Å². The maximum atomic E-state index is 12.6. The van der Waals surface area contributed by atoms with Gasteiger partial charge in [0.05, 0.1) is 5.92 Å². The molecule has 24 heavy (non-hydrogen) atoms. The number of carbonyl (C=O) groups excluding carboxylic acids is 1. The van der Waals surface area contributed by atoms with Crippen LogP contribution in [-0.2, 0) is 17.6 Å². The fourth-order valence-corrected chi connectivity index (χ4v) is 3.41. The van der Waals surface area contributed by atoms with Gasteiger partial charge in [0.25, 0.3) is 0 Å². The standard InChI is InChI=1S/C20H24N2O2/c23-14-15(12-17-8-3-4-11-21-17)13-22-20(24)19-10-5-7-16-6-1-2-9-18(16)19/h1-4,6,8-9,11,15,19,23H,5,7,10,12-14H2,(H,22,24)/t15-,19-/m0/s1. The number of hydrogen-bond acceptors (Lipinski definition) is 3. The van der Waals surface area contributed by atoms with Gasteiger partial charge in [0.1, 0.15) is 0 Å². The third-order valence-corrected chi connectivity index (χ3v) is 4.73.